The van der Waals surface area contributed by atoms with E-state index in [0.29, 0.717) is 19.0 Å². The van der Waals surface area contributed by atoms with Gasteiger partial charge in [-0.05, 0) is 24.7 Å². The van der Waals surface area contributed by atoms with E-state index in [1.807, 2.05) is 0 Å². The van der Waals surface area contributed by atoms with Crippen molar-refractivity contribution in [2.24, 2.45) is 11.8 Å². The molecular formula is C12H19N3O2S. The first-order valence-corrected chi connectivity index (χ1v) is 8.11. The molecule has 2 aliphatic rings. The maximum Gasteiger partial charge on any atom is 0.246 e. The van der Waals surface area contributed by atoms with Crippen LogP contribution >= 0.6 is 0 Å². The summed E-state index contributed by atoms with van der Waals surface area (Å²) in [6.07, 6.45) is 8.90. The number of aromatic nitrogens is 2. The van der Waals surface area contributed by atoms with Gasteiger partial charge in [0.05, 0.1) is 6.20 Å². The van der Waals surface area contributed by atoms with Crippen molar-refractivity contribution >= 4 is 10.0 Å². The second-order valence-corrected chi connectivity index (χ2v) is 7.33. The zero-order chi connectivity index (χ0) is 12.6. The minimum Gasteiger partial charge on any atom is -0.284 e. The van der Waals surface area contributed by atoms with Gasteiger partial charge in [0.2, 0.25) is 10.0 Å². The molecule has 3 rings (SSSR count). The van der Waals surface area contributed by atoms with Gasteiger partial charge in [0, 0.05) is 19.3 Å². The van der Waals surface area contributed by atoms with E-state index in [-0.39, 0.29) is 4.90 Å². The van der Waals surface area contributed by atoms with Gasteiger partial charge in [-0.1, -0.05) is 19.3 Å². The highest BCUT2D eigenvalue weighted by atomic mass is 32.2. The molecule has 0 spiro atoms. The Bertz CT molecular complexity index is 497. The number of aromatic amines is 1. The van der Waals surface area contributed by atoms with Gasteiger partial charge in [-0.25, -0.2) is 8.42 Å². The number of sulfonamides is 1. The molecule has 1 aliphatic carbocycles. The molecule has 2 atom stereocenters. The van der Waals surface area contributed by atoms with Crippen LogP contribution in [0.3, 0.4) is 0 Å². The lowest BCUT2D eigenvalue weighted by atomic mass is 9.76. The molecular weight excluding hydrogens is 250 g/mol. The van der Waals surface area contributed by atoms with Crippen molar-refractivity contribution in [3.05, 3.63) is 12.4 Å². The van der Waals surface area contributed by atoms with Gasteiger partial charge in [-0.15, -0.1) is 0 Å². The highest BCUT2D eigenvalue weighted by molar-refractivity contribution is 7.89. The van der Waals surface area contributed by atoms with Gasteiger partial charge < -0.3 is 0 Å². The molecule has 100 valence electrons. The average molecular weight is 269 g/mol. The summed E-state index contributed by atoms with van der Waals surface area (Å²) in [6.45, 7) is 1.35. The minimum absolute atomic E-state index is 0.289. The first-order chi connectivity index (χ1) is 8.68. The van der Waals surface area contributed by atoms with E-state index in [0.717, 1.165) is 12.3 Å². The molecule has 0 radical (unpaired) electrons. The van der Waals surface area contributed by atoms with Crippen molar-refractivity contribution in [1.29, 1.82) is 0 Å². The van der Waals surface area contributed by atoms with E-state index >= 15 is 0 Å². The lowest BCUT2D eigenvalue weighted by Crippen LogP contribution is -2.44. The summed E-state index contributed by atoms with van der Waals surface area (Å²) in [5.41, 5.74) is 0. The number of hydrogen-bond donors (Lipinski definition) is 1. The molecule has 1 aliphatic heterocycles. The number of rotatable bonds is 2. The quantitative estimate of drug-likeness (QED) is 0.887. The van der Waals surface area contributed by atoms with Crippen LogP contribution in [-0.4, -0.2) is 36.0 Å². The number of H-pyrrole nitrogens is 1. The van der Waals surface area contributed by atoms with Crippen LogP contribution in [0.5, 0.6) is 0 Å². The maximum absolute atomic E-state index is 12.4. The third kappa shape index (κ3) is 2.07. The Balaban J connectivity index is 1.78. The van der Waals surface area contributed by atoms with Gasteiger partial charge in [0.25, 0.3) is 0 Å². The summed E-state index contributed by atoms with van der Waals surface area (Å²) in [6, 6.07) is 0. The molecule has 18 heavy (non-hydrogen) atoms. The standard InChI is InChI=1S/C12H19N3O2S/c16-18(17,12-7-13-14-8-12)15-6-5-10-3-1-2-4-11(10)9-15/h7-8,10-11H,1-6,9H2,(H,13,14). The van der Waals surface area contributed by atoms with Crippen LogP contribution in [0.4, 0.5) is 0 Å². The fourth-order valence-electron chi connectivity index (χ4n) is 3.32. The fraction of sp³-hybridized carbons (Fsp3) is 0.750. The topological polar surface area (TPSA) is 66.1 Å². The summed E-state index contributed by atoms with van der Waals surface area (Å²) in [7, 11) is -3.33. The zero-order valence-electron chi connectivity index (χ0n) is 10.4. The second kappa shape index (κ2) is 4.66. The van der Waals surface area contributed by atoms with Gasteiger partial charge in [0.15, 0.2) is 0 Å². The maximum atomic E-state index is 12.4. The molecule has 6 heteroatoms. The first-order valence-electron chi connectivity index (χ1n) is 6.67. The normalized spacial score (nSPS) is 30.0. The van der Waals surface area contributed by atoms with Gasteiger partial charge in [-0.2, -0.15) is 9.40 Å². The van der Waals surface area contributed by atoms with Crippen LogP contribution in [0.2, 0.25) is 0 Å². The molecule has 1 aromatic heterocycles. The molecule has 1 saturated heterocycles. The number of fused-ring (bicyclic) bond motifs is 1. The molecule has 2 unspecified atom stereocenters. The molecule has 0 amide bonds. The summed E-state index contributed by atoms with van der Waals surface area (Å²) in [4.78, 5) is 0.289. The van der Waals surface area contributed by atoms with E-state index in [4.69, 9.17) is 0 Å². The third-order valence-corrected chi connectivity index (χ3v) is 6.20. The molecule has 2 fully saturated rings. The monoisotopic (exact) mass is 269 g/mol. The second-order valence-electron chi connectivity index (χ2n) is 5.39. The van der Waals surface area contributed by atoms with Crippen LogP contribution in [0.25, 0.3) is 0 Å². The summed E-state index contributed by atoms with van der Waals surface area (Å²) in [5.74, 6) is 1.31. The lowest BCUT2D eigenvalue weighted by Gasteiger charge is -2.40. The number of nitrogens with zero attached hydrogens (tertiary/aromatic N) is 2. The minimum atomic E-state index is -3.33. The van der Waals surface area contributed by atoms with Gasteiger partial charge in [0.1, 0.15) is 4.90 Å². The summed E-state index contributed by atoms with van der Waals surface area (Å²) >= 11 is 0. The molecule has 1 aromatic rings. The van der Waals surface area contributed by atoms with Crippen molar-refractivity contribution in [2.75, 3.05) is 13.1 Å². The average Bonchev–Trinajstić information content (AvgIpc) is 2.92. The number of piperidine rings is 1. The Labute approximate surface area is 108 Å². The first kappa shape index (κ1) is 12.2. The smallest absolute Gasteiger partial charge is 0.246 e. The highest BCUT2D eigenvalue weighted by Crippen LogP contribution is 2.37. The van der Waals surface area contributed by atoms with Crippen LogP contribution in [0.1, 0.15) is 32.1 Å². The van der Waals surface area contributed by atoms with Crippen LogP contribution in [-0.2, 0) is 10.0 Å². The van der Waals surface area contributed by atoms with Gasteiger partial charge >= 0.3 is 0 Å². The SMILES string of the molecule is O=S(=O)(c1cn[nH]c1)N1CCC2CCCCC2C1. The van der Waals surface area contributed by atoms with Gasteiger partial charge in [-0.3, -0.25) is 5.10 Å². The Morgan fingerprint density at radius 1 is 1.22 bits per heavy atom. The van der Waals surface area contributed by atoms with Crippen molar-refractivity contribution in [1.82, 2.24) is 14.5 Å². The predicted octanol–water partition coefficient (Wildman–Crippen LogP) is 1.61. The molecule has 1 saturated carbocycles. The molecule has 1 N–H and O–H groups in total. The van der Waals surface area contributed by atoms with Crippen molar-refractivity contribution in [3.8, 4) is 0 Å². The summed E-state index contributed by atoms with van der Waals surface area (Å²) in [5, 5.41) is 6.31. The molecule has 0 aromatic carbocycles. The Morgan fingerprint density at radius 2 is 2.00 bits per heavy atom. The third-order valence-electron chi connectivity index (χ3n) is 4.36. The van der Waals surface area contributed by atoms with E-state index < -0.39 is 10.0 Å². The number of hydrogen-bond acceptors (Lipinski definition) is 3. The van der Waals surface area contributed by atoms with E-state index in [1.54, 1.807) is 4.31 Å². The van der Waals surface area contributed by atoms with Crippen molar-refractivity contribution in [2.45, 2.75) is 37.0 Å². The molecule has 0 bridgehead atoms. The largest absolute Gasteiger partial charge is 0.284 e. The van der Waals surface area contributed by atoms with E-state index in [2.05, 4.69) is 10.2 Å². The zero-order valence-corrected chi connectivity index (χ0v) is 11.2. The summed E-state index contributed by atoms with van der Waals surface area (Å²) < 4.78 is 26.4. The fourth-order valence-corrected chi connectivity index (χ4v) is 4.73. The molecule has 5 nitrogen and oxygen atoms in total. The predicted molar refractivity (Wildman–Crippen MR) is 67.4 cm³/mol. The molecule has 2 heterocycles. The lowest BCUT2D eigenvalue weighted by molar-refractivity contribution is 0.136. The van der Waals surface area contributed by atoms with Crippen molar-refractivity contribution < 1.29 is 8.42 Å². The van der Waals surface area contributed by atoms with E-state index in [1.165, 1.54) is 38.1 Å². The van der Waals surface area contributed by atoms with Crippen LogP contribution in [0, 0.1) is 11.8 Å². The van der Waals surface area contributed by atoms with Crippen molar-refractivity contribution in [3.63, 3.8) is 0 Å². The number of nitrogens with one attached hydrogen (secondary N) is 1. The Kier molecular flexibility index (Phi) is 3.15. The van der Waals surface area contributed by atoms with Crippen LogP contribution < -0.4 is 0 Å². The van der Waals surface area contributed by atoms with E-state index in [9.17, 15) is 8.42 Å². The highest BCUT2D eigenvalue weighted by Gasteiger charge is 2.36. The Hall–Kier alpha value is -0.880. The Morgan fingerprint density at radius 3 is 2.72 bits per heavy atom. The van der Waals surface area contributed by atoms with Crippen LogP contribution in [0.15, 0.2) is 17.3 Å².